The van der Waals surface area contributed by atoms with Crippen LogP contribution in [0.1, 0.15) is 5.56 Å². The predicted molar refractivity (Wildman–Crippen MR) is 109 cm³/mol. The minimum Gasteiger partial charge on any atom is -0.497 e. The summed E-state index contributed by atoms with van der Waals surface area (Å²) in [5, 5.41) is 20.1. The van der Waals surface area contributed by atoms with Crippen molar-refractivity contribution in [3.05, 3.63) is 71.8 Å². The van der Waals surface area contributed by atoms with E-state index in [2.05, 4.69) is 0 Å². The molecule has 6 heteroatoms. The average molecular weight is 389 g/mol. The highest BCUT2D eigenvalue weighted by atomic mass is 16.5. The first-order valence-corrected chi connectivity index (χ1v) is 8.89. The number of nitriles is 1. The van der Waals surface area contributed by atoms with E-state index in [0.717, 1.165) is 16.5 Å². The lowest BCUT2D eigenvalue weighted by molar-refractivity contribution is -0.132. The van der Waals surface area contributed by atoms with E-state index in [4.69, 9.17) is 19.5 Å². The maximum absolute atomic E-state index is 11.3. The number of rotatable bonds is 8. The van der Waals surface area contributed by atoms with E-state index in [-0.39, 0.29) is 12.2 Å². The highest BCUT2D eigenvalue weighted by Crippen LogP contribution is 2.30. The van der Waals surface area contributed by atoms with Crippen LogP contribution in [-0.2, 0) is 4.79 Å². The van der Waals surface area contributed by atoms with Crippen LogP contribution >= 0.6 is 0 Å². The molecule has 3 aromatic rings. The summed E-state index contributed by atoms with van der Waals surface area (Å²) in [6.07, 6.45) is 1.34. The van der Waals surface area contributed by atoms with Crippen LogP contribution in [0.3, 0.4) is 0 Å². The third-order valence-electron chi connectivity index (χ3n) is 4.24. The van der Waals surface area contributed by atoms with Crippen LogP contribution in [0.5, 0.6) is 17.2 Å². The SMILES string of the molecule is COc1ccc(OCCOc2ccc3ccccc3c2C=C(C#N)C(=O)O)cc1. The number of carboxylic acid groups (broad SMARTS) is 1. The van der Waals surface area contributed by atoms with E-state index in [1.807, 2.05) is 30.3 Å². The van der Waals surface area contributed by atoms with Gasteiger partial charge in [-0.25, -0.2) is 4.79 Å². The van der Waals surface area contributed by atoms with Gasteiger partial charge < -0.3 is 19.3 Å². The van der Waals surface area contributed by atoms with Gasteiger partial charge in [-0.1, -0.05) is 30.3 Å². The van der Waals surface area contributed by atoms with Crippen LogP contribution in [0.4, 0.5) is 0 Å². The molecule has 0 bridgehead atoms. The molecular formula is C23H19NO5. The standard InChI is InChI=1S/C23H19NO5/c1-27-18-7-9-19(10-8-18)28-12-13-29-22-11-6-16-4-2-3-5-20(16)21(22)14-17(15-24)23(25)26/h2-11,14H,12-13H2,1H3,(H,25,26). The van der Waals surface area contributed by atoms with Gasteiger partial charge in [-0.15, -0.1) is 0 Å². The molecule has 1 N–H and O–H groups in total. The Morgan fingerprint density at radius 1 is 1.00 bits per heavy atom. The van der Waals surface area contributed by atoms with Gasteiger partial charge in [-0.3, -0.25) is 0 Å². The lowest BCUT2D eigenvalue weighted by Crippen LogP contribution is -2.10. The monoisotopic (exact) mass is 389 g/mol. The summed E-state index contributed by atoms with van der Waals surface area (Å²) in [5.74, 6) is 0.629. The number of carbonyl (C=O) groups is 1. The number of methoxy groups -OCH3 is 1. The largest absolute Gasteiger partial charge is 0.497 e. The molecule has 0 atom stereocenters. The third kappa shape index (κ3) is 4.85. The zero-order chi connectivity index (χ0) is 20.6. The van der Waals surface area contributed by atoms with Gasteiger partial charge in [0, 0.05) is 5.56 Å². The molecule has 0 aliphatic carbocycles. The molecule has 0 aromatic heterocycles. The van der Waals surface area contributed by atoms with Crippen molar-refractivity contribution in [1.82, 2.24) is 0 Å². The molecule has 0 saturated heterocycles. The maximum Gasteiger partial charge on any atom is 0.346 e. The molecule has 146 valence electrons. The lowest BCUT2D eigenvalue weighted by atomic mass is 10.0. The first-order chi connectivity index (χ1) is 14.1. The van der Waals surface area contributed by atoms with E-state index < -0.39 is 5.97 Å². The Labute approximate surface area is 168 Å². The fourth-order valence-electron chi connectivity index (χ4n) is 2.82. The molecule has 0 heterocycles. The minimum absolute atomic E-state index is 0.250. The molecule has 0 radical (unpaired) electrons. The molecule has 0 spiro atoms. The summed E-state index contributed by atoms with van der Waals surface area (Å²) in [5.41, 5.74) is 0.187. The second-order valence-corrected chi connectivity index (χ2v) is 6.05. The Hall–Kier alpha value is -3.98. The van der Waals surface area contributed by atoms with E-state index in [1.165, 1.54) is 6.08 Å². The average Bonchev–Trinajstić information content (AvgIpc) is 2.75. The van der Waals surface area contributed by atoms with Crippen LogP contribution < -0.4 is 14.2 Å². The first-order valence-electron chi connectivity index (χ1n) is 8.89. The number of aliphatic carboxylic acids is 1. The van der Waals surface area contributed by atoms with Gasteiger partial charge in [0.25, 0.3) is 0 Å². The maximum atomic E-state index is 11.3. The summed E-state index contributed by atoms with van der Waals surface area (Å²) in [4.78, 5) is 11.3. The van der Waals surface area contributed by atoms with Gasteiger partial charge in [-0.2, -0.15) is 5.26 Å². The number of carboxylic acids is 1. The quantitative estimate of drug-likeness (QED) is 0.351. The molecule has 3 aromatic carbocycles. The zero-order valence-corrected chi connectivity index (χ0v) is 15.8. The van der Waals surface area contributed by atoms with Crippen molar-refractivity contribution in [3.63, 3.8) is 0 Å². The topological polar surface area (TPSA) is 88.8 Å². The number of nitrogens with zero attached hydrogens (tertiary/aromatic N) is 1. The summed E-state index contributed by atoms with van der Waals surface area (Å²) < 4.78 is 16.6. The second-order valence-electron chi connectivity index (χ2n) is 6.05. The molecular weight excluding hydrogens is 370 g/mol. The normalized spacial score (nSPS) is 11.0. The fraction of sp³-hybridized carbons (Fsp3) is 0.130. The minimum atomic E-state index is -1.28. The van der Waals surface area contributed by atoms with Crippen molar-refractivity contribution >= 4 is 22.8 Å². The van der Waals surface area contributed by atoms with Gasteiger partial charge in [0.05, 0.1) is 7.11 Å². The van der Waals surface area contributed by atoms with Crippen molar-refractivity contribution in [1.29, 1.82) is 5.26 Å². The van der Waals surface area contributed by atoms with Gasteiger partial charge in [0.15, 0.2) is 0 Å². The summed E-state index contributed by atoms with van der Waals surface area (Å²) in [6, 6.07) is 20.1. The van der Waals surface area contributed by atoms with Crippen molar-refractivity contribution in [2.45, 2.75) is 0 Å². The number of hydrogen-bond donors (Lipinski definition) is 1. The highest BCUT2D eigenvalue weighted by molar-refractivity contribution is 6.01. The van der Waals surface area contributed by atoms with Gasteiger partial charge in [0.2, 0.25) is 0 Å². The van der Waals surface area contributed by atoms with Crippen LogP contribution in [0, 0.1) is 11.3 Å². The molecule has 0 aliphatic rings. The Bertz CT molecular complexity index is 1080. The summed E-state index contributed by atoms with van der Waals surface area (Å²) in [7, 11) is 1.60. The van der Waals surface area contributed by atoms with Crippen molar-refractivity contribution in [3.8, 4) is 23.3 Å². The van der Waals surface area contributed by atoms with Crippen LogP contribution in [-0.4, -0.2) is 31.4 Å². The molecule has 0 saturated carbocycles. The van der Waals surface area contributed by atoms with Gasteiger partial charge in [0.1, 0.15) is 42.1 Å². The number of hydrogen-bond acceptors (Lipinski definition) is 5. The smallest absolute Gasteiger partial charge is 0.346 e. The van der Waals surface area contributed by atoms with Crippen molar-refractivity contribution in [2.24, 2.45) is 0 Å². The van der Waals surface area contributed by atoms with E-state index in [9.17, 15) is 9.90 Å². The Morgan fingerprint density at radius 3 is 2.38 bits per heavy atom. The number of benzene rings is 3. The third-order valence-corrected chi connectivity index (χ3v) is 4.24. The fourth-order valence-corrected chi connectivity index (χ4v) is 2.82. The molecule has 0 amide bonds. The Balaban J connectivity index is 1.78. The summed E-state index contributed by atoms with van der Waals surface area (Å²) in [6.45, 7) is 0.548. The number of ether oxygens (including phenoxy) is 3. The Morgan fingerprint density at radius 2 is 1.69 bits per heavy atom. The van der Waals surface area contributed by atoms with Gasteiger partial charge >= 0.3 is 5.97 Å². The van der Waals surface area contributed by atoms with Gasteiger partial charge in [-0.05, 0) is 47.2 Å². The van der Waals surface area contributed by atoms with Crippen molar-refractivity contribution < 1.29 is 24.1 Å². The lowest BCUT2D eigenvalue weighted by Gasteiger charge is -2.13. The predicted octanol–water partition coefficient (Wildman–Crippen LogP) is 4.30. The molecule has 6 nitrogen and oxygen atoms in total. The number of fused-ring (bicyclic) bond motifs is 1. The molecule has 0 aliphatic heterocycles. The molecule has 0 unspecified atom stereocenters. The van der Waals surface area contributed by atoms with Crippen molar-refractivity contribution in [2.75, 3.05) is 20.3 Å². The van der Waals surface area contributed by atoms with E-state index in [1.54, 1.807) is 43.5 Å². The van der Waals surface area contributed by atoms with Crippen LogP contribution in [0.25, 0.3) is 16.8 Å². The Kier molecular flexibility index (Phi) is 6.33. The van der Waals surface area contributed by atoms with E-state index >= 15 is 0 Å². The zero-order valence-electron chi connectivity index (χ0n) is 15.8. The second kappa shape index (κ2) is 9.29. The van der Waals surface area contributed by atoms with Crippen LogP contribution in [0.15, 0.2) is 66.2 Å². The molecule has 0 fully saturated rings. The summed E-state index contributed by atoms with van der Waals surface area (Å²) >= 11 is 0. The highest BCUT2D eigenvalue weighted by Gasteiger charge is 2.12. The van der Waals surface area contributed by atoms with E-state index in [0.29, 0.717) is 23.7 Å². The van der Waals surface area contributed by atoms with Crippen LogP contribution in [0.2, 0.25) is 0 Å². The molecule has 3 rings (SSSR count). The molecule has 29 heavy (non-hydrogen) atoms. The first kappa shape index (κ1) is 19.8.